The molecule has 0 aliphatic carbocycles. The molecule has 0 saturated heterocycles. The first-order valence-corrected chi connectivity index (χ1v) is 9.35. The number of sulfonamides is 1. The Kier molecular flexibility index (Phi) is 4.37. The fourth-order valence-corrected chi connectivity index (χ4v) is 4.39. The van der Waals surface area contributed by atoms with Crippen molar-refractivity contribution in [2.45, 2.75) is 24.3 Å². The van der Waals surface area contributed by atoms with Gasteiger partial charge in [-0.05, 0) is 36.9 Å². The minimum absolute atomic E-state index is 0.183. The predicted molar refractivity (Wildman–Crippen MR) is 85.2 cm³/mol. The van der Waals surface area contributed by atoms with Crippen molar-refractivity contribution in [3.05, 3.63) is 40.6 Å². The largest absolute Gasteiger partial charge is 0.486 e. The van der Waals surface area contributed by atoms with Crippen LogP contribution < -0.4 is 14.2 Å². The van der Waals surface area contributed by atoms with Crippen LogP contribution in [-0.2, 0) is 16.4 Å². The van der Waals surface area contributed by atoms with Gasteiger partial charge in [0.2, 0.25) is 10.0 Å². The number of hydrogen-bond donors (Lipinski definition) is 1. The first kappa shape index (κ1) is 15.3. The van der Waals surface area contributed by atoms with Gasteiger partial charge in [0.1, 0.15) is 13.2 Å². The quantitative estimate of drug-likeness (QED) is 0.909. The van der Waals surface area contributed by atoms with Gasteiger partial charge in [0.25, 0.3) is 0 Å². The summed E-state index contributed by atoms with van der Waals surface area (Å²) in [6.07, 6.45) is 0.668. The van der Waals surface area contributed by atoms with Gasteiger partial charge in [0.15, 0.2) is 11.5 Å². The van der Waals surface area contributed by atoms with Gasteiger partial charge >= 0.3 is 0 Å². The maximum Gasteiger partial charge on any atom is 0.240 e. The molecule has 1 N–H and O–H groups in total. The summed E-state index contributed by atoms with van der Waals surface area (Å²) in [7, 11) is -3.58. The Balaban J connectivity index is 1.74. The summed E-state index contributed by atoms with van der Waals surface area (Å²) in [6.45, 7) is 2.77. The Bertz CT molecular complexity index is 741. The van der Waals surface area contributed by atoms with E-state index in [2.05, 4.69) is 4.72 Å². The van der Waals surface area contributed by atoms with Crippen LogP contribution in [0.25, 0.3) is 0 Å². The van der Waals surface area contributed by atoms with E-state index in [1.807, 2.05) is 24.4 Å². The third-order valence-corrected chi connectivity index (χ3v) is 5.75. The highest BCUT2D eigenvalue weighted by molar-refractivity contribution is 7.89. The molecule has 2 heterocycles. The minimum atomic E-state index is -3.58. The van der Waals surface area contributed by atoms with Crippen LogP contribution in [0.2, 0.25) is 0 Å². The van der Waals surface area contributed by atoms with Gasteiger partial charge in [-0.25, -0.2) is 13.1 Å². The Hall–Kier alpha value is -1.57. The Labute approximate surface area is 133 Å². The lowest BCUT2D eigenvalue weighted by Crippen LogP contribution is -2.34. The van der Waals surface area contributed by atoms with Crippen LogP contribution in [0, 0.1) is 0 Å². The van der Waals surface area contributed by atoms with E-state index < -0.39 is 10.0 Å². The maximum absolute atomic E-state index is 12.5. The first-order valence-electron chi connectivity index (χ1n) is 6.99. The van der Waals surface area contributed by atoms with Crippen molar-refractivity contribution >= 4 is 21.4 Å². The van der Waals surface area contributed by atoms with Crippen molar-refractivity contribution in [2.24, 2.45) is 0 Å². The molecule has 0 unspecified atom stereocenters. The van der Waals surface area contributed by atoms with Crippen molar-refractivity contribution in [3.63, 3.8) is 0 Å². The lowest BCUT2D eigenvalue weighted by Gasteiger charge is -2.19. The van der Waals surface area contributed by atoms with Gasteiger partial charge in [0, 0.05) is 17.0 Å². The summed E-state index contributed by atoms with van der Waals surface area (Å²) >= 11 is 1.62. The summed E-state index contributed by atoms with van der Waals surface area (Å²) in [4.78, 5) is 1.34. The maximum atomic E-state index is 12.5. The first-order chi connectivity index (χ1) is 10.5. The number of rotatable bonds is 5. The number of benzene rings is 1. The third-order valence-electron chi connectivity index (χ3n) is 3.27. The molecule has 1 aromatic carbocycles. The number of nitrogens with one attached hydrogen (secondary N) is 1. The van der Waals surface area contributed by atoms with Crippen LogP contribution in [-0.4, -0.2) is 27.7 Å². The topological polar surface area (TPSA) is 64.6 Å². The average molecular weight is 339 g/mol. The second-order valence-electron chi connectivity index (χ2n) is 5.11. The van der Waals surface area contributed by atoms with Gasteiger partial charge in [0.05, 0.1) is 4.90 Å². The predicted octanol–water partition coefficient (Wildman–Crippen LogP) is 2.43. The van der Waals surface area contributed by atoms with Crippen molar-refractivity contribution in [1.29, 1.82) is 0 Å². The fourth-order valence-electron chi connectivity index (χ4n) is 2.30. The van der Waals surface area contributed by atoms with Crippen LogP contribution >= 0.6 is 11.3 Å². The molecule has 1 aliphatic rings. The van der Waals surface area contributed by atoms with E-state index in [4.69, 9.17) is 9.47 Å². The third kappa shape index (κ3) is 3.43. The molecule has 1 atom stereocenters. The van der Waals surface area contributed by atoms with Crippen LogP contribution in [0.15, 0.2) is 40.6 Å². The summed E-state index contributed by atoms with van der Waals surface area (Å²) in [5.41, 5.74) is 0. The highest BCUT2D eigenvalue weighted by Crippen LogP contribution is 2.32. The molecule has 7 heteroatoms. The van der Waals surface area contributed by atoms with Crippen LogP contribution in [0.5, 0.6) is 11.5 Å². The normalized spacial score (nSPS) is 15.5. The van der Waals surface area contributed by atoms with E-state index in [1.165, 1.54) is 12.1 Å². The number of hydrogen-bond acceptors (Lipinski definition) is 5. The van der Waals surface area contributed by atoms with Gasteiger partial charge in [-0.2, -0.15) is 0 Å². The standard InChI is InChI=1S/C15H17NO4S2/c1-11(9-12-3-2-8-21-12)16-22(17,18)13-4-5-14-15(10-13)20-7-6-19-14/h2-5,8,10-11,16H,6-7,9H2,1H3/t11-/m0/s1. The molecule has 0 saturated carbocycles. The summed E-state index contributed by atoms with van der Waals surface area (Å²) in [6, 6.07) is 8.45. The highest BCUT2D eigenvalue weighted by atomic mass is 32.2. The molecule has 0 fully saturated rings. The highest BCUT2D eigenvalue weighted by Gasteiger charge is 2.21. The zero-order valence-electron chi connectivity index (χ0n) is 12.1. The van der Waals surface area contributed by atoms with Crippen LogP contribution in [0.3, 0.4) is 0 Å². The second-order valence-corrected chi connectivity index (χ2v) is 7.86. The minimum Gasteiger partial charge on any atom is -0.486 e. The molecule has 5 nitrogen and oxygen atoms in total. The fraction of sp³-hybridized carbons (Fsp3) is 0.333. The SMILES string of the molecule is C[C@@H](Cc1cccs1)NS(=O)(=O)c1ccc2c(c1)OCCO2. The Morgan fingerprint density at radius 1 is 1.23 bits per heavy atom. The molecule has 0 spiro atoms. The molecule has 0 bridgehead atoms. The van der Waals surface area contributed by atoms with Crippen molar-refractivity contribution in [2.75, 3.05) is 13.2 Å². The van der Waals surface area contributed by atoms with Crippen molar-refractivity contribution in [3.8, 4) is 11.5 Å². The Morgan fingerprint density at radius 3 is 2.73 bits per heavy atom. The van der Waals surface area contributed by atoms with Gasteiger partial charge < -0.3 is 9.47 Å². The molecule has 0 radical (unpaired) electrons. The van der Waals surface area contributed by atoms with E-state index in [9.17, 15) is 8.42 Å². The van der Waals surface area contributed by atoms with E-state index in [0.717, 1.165) is 4.88 Å². The van der Waals surface area contributed by atoms with Gasteiger partial charge in [-0.3, -0.25) is 0 Å². The number of ether oxygens (including phenoxy) is 2. The zero-order chi connectivity index (χ0) is 15.6. The molecule has 0 amide bonds. The molecule has 3 rings (SSSR count). The zero-order valence-corrected chi connectivity index (χ0v) is 13.7. The molecular formula is C15H17NO4S2. The van der Waals surface area contributed by atoms with Crippen LogP contribution in [0.4, 0.5) is 0 Å². The van der Waals surface area contributed by atoms with Crippen molar-refractivity contribution < 1.29 is 17.9 Å². The van der Waals surface area contributed by atoms with E-state index in [-0.39, 0.29) is 10.9 Å². The smallest absolute Gasteiger partial charge is 0.240 e. The molecule has 2 aromatic rings. The lowest BCUT2D eigenvalue weighted by molar-refractivity contribution is 0.171. The summed E-state index contributed by atoms with van der Waals surface area (Å²) in [5, 5.41) is 1.98. The lowest BCUT2D eigenvalue weighted by atomic mass is 10.2. The monoisotopic (exact) mass is 339 g/mol. The number of thiophene rings is 1. The average Bonchev–Trinajstić information content (AvgIpc) is 2.99. The summed E-state index contributed by atoms with van der Waals surface area (Å²) in [5.74, 6) is 1.05. The van der Waals surface area contributed by atoms with E-state index >= 15 is 0 Å². The number of fused-ring (bicyclic) bond motifs is 1. The summed E-state index contributed by atoms with van der Waals surface area (Å²) < 4.78 is 38.4. The molecular weight excluding hydrogens is 322 g/mol. The van der Waals surface area contributed by atoms with E-state index in [0.29, 0.717) is 31.1 Å². The molecule has 22 heavy (non-hydrogen) atoms. The van der Waals surface area contributed by atoms with Crippen molar-refractivity contribution in [1.82, 2.24) is 4.72 Å². The molecule has 118 valence electrons. The Morgan fingerprint density at radius 2 is 2.00 bits per heavy atom. The van der Waals surface area contributed by atoms with Crippen LogP contribution in [0.1, 0.15) is 11.8 Å². The molecule has 1 aliphatic heterocycles. The second kappa shape index (κ2) is 6.28. The molecule has 1 aromatic heterocycles. The van der Waals surface area contributed by atoms with E-state index in [1.54, 1.807) is 17.4 Å². The van der Waals surface area contributed by atoms with Gasteiger partial charge in [-0.15, -0.1) is 11.3 Å². The van der Waals surface area contributed by atoms with Gasteiger partial charge in [-0.1, -0.05) is 6.07 Å².